The molecule has 0 aliphatic carbocycles. The summed E-state index contributed by atoms with van der Waals surface area (Å²) in [6.45, 7) is 3.02. The molecule has 124 valence electrons. The van der Waals surface area contributed by atoms with Crippen molar-refractivity contribution in [3.05, 3.63) is 71.1 Å². The number of carbonyl (C=O) groups excluding carboxylic acids is 1. The topological polar surface area (TPSA) is 57.7 Å². The Balaban J connectivity index is 1.67. The van der Waals surface area contributed by atoms with Crippen LogP contribution < -0.4 is 0 Å². The molecule has 5 heteroatoms. The van der Waals surface area contributed by atoms with Crippen LogP contribution in [0.1, 0.15) is 35.6 Å². The Morgan fingerprint density at radius 1 is 1.33 bits per heavy atom. The van der Waals surface area contributed by atoms with Gasteiger partial charge in [0, 0.05) is 17.8 Å². The predicted octanol–water partition coefficient (Wildman–Crippen LogP) is 3.40. The highest BCUT2D eigenvalue weighted by Crippen LogP contribution is 2.30. The average molecular weight is 325 g/mol. The minimum absolute atomic E-state index is 0.356. The smallest absolute Gasteiger partial charge is 0.330 e. The highest BCUT2D eigenvalue weighted by atomic mass is 16.7. The van der Waals surface area contributed by atoms with Gasteiger partial charge in [-0.2, -0.15) is 0 Å². The van der Waals surface area contributed by atoms with E-state index in [1.807, 2.05) is 36.4 Å². The lowest BCUT2D eigenvalue weighted by Crippen LogP contribution is -2.05. The number of pyridine rings is 1. The molecule has 5 nitrogen and oxygen atoms in total. The summed E-state index contributed by atoms with van der Waals surface area (Å²) in [6, 6.07) is 11.6. The molecule has 0 amide bonds. The maximum Gasteiger partial charge on any atom is 0.330 e. The fraction of sp³-hybridized carbons (Fsp3) is 0.263. The average Bonchev–Trinajstić information content (AvgIpc) is 3.02. The van der Waals surface area contributed by atoms with Gasteiger partial charge in [0.1, 0.15) is 5.69 Å². The van der Waals surface area contributed by atoms with Crippen LogP contribution in [0.2, 0.25) is 0 Å². The zero-order chi connectivity index (χ0) is 16.8. The molecule has 0 saturated heterocycles. The van der Waals surface area contributed by atoms with Gasteiger partial charge >= 0.3 is 5.97 Å². The lowest BCUT2D eigenvalue weighted by Gasteiger charge is -2.13. The molecule has 1 aliphatic rings. The van der Waals surface area contributed by atoms with E-state index in [0.29, 0.717) is 19.8 Å². The lowest BCUT2D eigenvalue weighted by atomic mass is 10.1. The Bertz CT molecular complexity index is 742. The predicted molar refractivity (Wildman–Crippen MR) is 88.7 cm³/mol. The van der Waals surface area contributed by atoms with Gasteiger partial charge in [0.05, 0.1) is 19.8 Å². The maximum atomic E-state index is 11.5. The minimum Gasteiger partial charge on any atom is -0.463 e. The summed E-state index contributed by atoms with van der Waals surface area (Å²) in [6.07, 6.45) is 4.44. The Kier molecular flexibility index (Phi) is 5.36. The fourth-order valence-corrected chi connectivity index (χ4v) is 2.50. The first-order valence-corrected chi connectivity index (χ1v) is 7.87. The standard InChI is InChI=1S/C19H19NO4/c1-2-22-17(21)10-9-14-6-3-4-7-15(14)12-23-19-18-16(13-24-19)8-5-11-20-18/h3-11,19H,2,12-13H2,1H3/b10-9+. The van der Waals surface area contributed by atoms with E-state index in [1.165, 1.54) is 6.08 Å². The van der Waals surface area contributed by atoms with Crippen LogP contribution in [-0.4, -0.2) is 17.6 Å². The van der Waals surface area contributed by atoms with Gasteiger partial charge in [0.25, 0.3) is 0 Å². The van der Waals surface area contributed by atoms with Crippen LogP contribution in [0.5, 0.6) is 0 Å². The second-order valence-corrected chi connectivity index (χ2v) is 5.29. The number of nitrogens with zero attached hydrogens (tertiary/aromatic N) is 1. The molecule has 24 heavy (non-hydrogen) atoms. The lowest BCUT2D eigenvalue weighted by molar-refractivity contribution is -0.147. The summed E-state index contributed by atoms with van der Waals surface area (Å²) in [5, 5.41) is 0. The van der Waals surface area contributed by atoms with E-state index < -0.39 is 6.29 Å². The van der Waals surface area contributed by atoms with E-state index in [4.69, 9.17) is 14.2 Å². The Hall–Kier alpha value is -2.50. The first-order valence-electron chi connectivity index (χ1n) is 7.87. The molecule has 1 aromatic carbocycles. The number of hydrogen-bond donors (Lipinski definition) is 0. The minimum atomic E-state index is -0.455. The van der Waals surface area contributed by atoms with E-state index in [1.54, 1.807) is 19.2 Å². The summed E-state index contributed by atoms with van der Waals surface area (Å²) in [4.78, 5) is 15.8. The molecule has 0 bridgehead atoms. The number of rotatable bonds is 6. The molecule has 0 radical (unpaired) electrons. The highest BCUT2D eigenvalue weighted by molar-refractivity contribution is 5.87. The first kappa shape index (κ1) is 16.4. The van der Waals surface area contributed by atoms with Crippen molar-refractivity contribution in [1.82, 2.24) is 4.98 Å². The van der Waals surface area contributed by atoms with Crippen molar-refractivity contribution in [2.24, 2.45) is 0 Å². The number of ether oxygens (including phenoxy) is 3. The number of aromatic nitrogens is 1. The number of fused-ring (bicyclic) bond motifs is 1. The summed E-state index contributed by atoms with van der Waals surface area (Å²) in [5.74, 6) is -0.356. The van der Waals surface area contributed by atoms with Crippen molar-refractivity contribution in [2.75, 3.05) is 6.61 Å². The van der Waals surface area contributed by atoms with Gasteiger partial charge in [-0.05, 0) is 30.2 Å². The number of esters is 1. The molecule has 1 aliphatic heterocycles. The molecule has 2 heterocycles. The van der Waals surface area contributed by atoms with E-state index in [0.717, 1.165) is 22.4 Å². The molecule has 1 atom stereocenters. The Labute approximate surface area is 140 Å². The van der Waals surface area contributed by atoms with Crippen LogP contribution in [-0.2, 0) is 32.2 Å². The fourth-order valence-electron chi connectivity index (χ4n) is 2.50. The number of benzene rings is 1. The third-order valence-corrected chi connectivity index (χ3v) is 3.67. The highest BCUT2D eigenvalue weighted by Gasteiger charge is 2.25. The largest absolute Gasteiger partial charge is 0.463 e. The van der Waals surface area contributed by atoms with Gasteiger partial charge in [-0.1, -0.05) is 30.3 Å². The normalized spacial score (nSPS) is 16.3. The first-order chi connectivity index (χ1) is 11.8. The Morgan fingerprint density at radius 2 is 2.21 bits per heavy atom. The summed E-state index contributed by atoms with van der Waals surface area (Å²) < 4.78 is 16.4. The molecule has 1 aromatic heterocycles. The van der Waals surface area contributed by atoms with E-state index >= 15 is 0 Å². The van der Waals surface area contributed by atoms with Gasteiger partial charge in [0.15, 0.2) is 0 Å². The SMILES string of the molecule is CCOC(=O)/C=C/c1ccccc1COC1OCc2cccnc21. The maximum absolute atomic E-state index is 11.5. The third-order valence-electron chi connectivity index (χ3n) is 3.67. The molecule has 0 spiro atoms. The van der Waals surface area contributed by atoms with Gasteiger partial charge in [-0.25, -0.2) is 4.79 Å². The molecular weight excluding hydrogens is 306 g/mol. The Morgan fingerprint density at radius 3 is 3.08 bits per heavy atom. The molecule has 0 saturated carbocycles. The molecule has 2 aromatic rings. The van der Waals surface area contributed by atoms with Crippen molar-refractivity contribution in [2.45, 2.75) is 26.4 Å². The summed E-state index contributed by atoms with van der Waals surface area (Å²) in [7, 11) is 0. The molecule has 0 N–H and O–H groups in total. The van der Waals surface area contributed by atoms with Gasteiger partial charge in [-0.3, -0.25) is 4.98 Å². The van der Waals surface area contributed by atoms with E-state index in [2.05, 4.69) is 4.98 Å². The van der Waals surface area contributed by atoms with Gasteiger partial charge in [0.2, 0.25) is 6.29 Å². The van der Waals surface area contributed by atoms with Crippen LogP contribution in [0.3, 0.4) is 0 Å². The van der Waals surface area contributed by atoms with Crippen LogP contribution in [0.4, 0.5) is 0 Å². The van der Waals surface area contributed by atoms with Gasteiger partial charge < -0.3 is 14.2 Å². The van der Waals surface area contributed by atoms with Crippen LogP contribution in [0, 0.1) is 0 Å². The zero-order valence-corrected chi connectivity index (χ0v) is 13.5. The van der Waals surface area contributed by atoms with Crippen molar-refractivity contribution in [1.29, 1.82) is 0 Å². The third kappa shape index (κ3) is 3.88. The number of carbonyl (C=O) groups is 1. The molecule has 3 rings (SSSR count). The second kappa shape index (κ2) is 7.86. The van der Waals surface area contributed by atoms with E-state index in [-0.39, 0.29) is 5.97 Å². The summed E-state index contributed by atoms with van der Waals surface area (Å²) >= 11 is 0. The van der Waals surface area contributed by atoms with Crippen LogP contribution in [0.25, 0.3) is 6.08 Å². The summed E-state index contributed by atoms with van der Waals surface area (Å²) in [5.41, 5.74) is 3.76. The van der Waals surface area contributed by atoms with Crippen LogP contribution in [0.15, 0.2) is 48.7 Å². The zero-order valence-electron chi connectivity index (χ0n) is 13.5. The quantitative estimate of drug-likeness (QED) is 0.602. The molecular formula is C19H19NO4. The van der Waals surface area contributed by atoms with Crippen molar-refractivity contribution in [3.63, 3.8) is 0 Å². The number of hydrogen-bond acceptors (Lipinski definition) is 5. The van der Waals surface area contributed by atoms with Crippen molar-refractivity contribution >= 4 is 12.0 Å². The van der Waals surface area contributed by atoms with E-state index in [9.17, 15) is 4.79 Å². The molecule has 1 unspecified atom stereocenters. The van der Waals surface area contributed by atoms with Gasteiger partial charge in [-0.15, -0.1) is 0 Å². The van der Waals surface area contributed by atoms with Crippen molar-refractivity contribution in [3.8, 4) is 0 Å². The van der Waals surface area contributed by atoms with Crippen LogP contribution >= 0.6 is 0 Å². The van der Waals surface area contributed by atoms with Crippen molar-refractivity contribution < 1.29 is 19.0 Å². The second-order valence-electron chi connectivity index (χ2n) is 5.29. The monoisotopic (exact) mass is 325 g/mol. The molecule has 0 fully saturated rings.